The molecule has 0 atom stereocenters. The van der Waals surface area contributed by atoms with Crippen molar-refractivity contribution in [2.45, 2.75) is 20.4 Å². The zero-order valence-corrected chi connectivity index (χ0v) is 10.6. The van der Waals surface area contributed by atoms with Gasteiger partial charge in [0.15, 0.2) is 0 Å². The highest BCUT2D eigenvalue weighted by atomic mass is 32.1. The molecule has 3 nitrogen and oxygen atoms in total. The third-order valence-electron chi connectivity index (χ3n) is 2.49. The maximum absolute atomic E-state index is 8.85. The van der Waals surface area contributed by atoms with E-state index in [1.165, 1.54) is 0 Å². The summed E-state index contributed by atoms with van der Waals surface area (Å²) >= 11 is 1.65. The first-order valence-corrected chi connectivity index (χ1v) is 6.22. The summed E-state index contributed by atoms with van der Waals surface area (Å²) in [6.07, 6.45) is 0. The fourth-order valence-electron chi connectivity index (χ4n) is 1.56. The minimum absolute atomic E-state index is 0.674. The minimum Gasteiger partial charge on any atom is -0.379 e. The fraction of sp³-hybridized carbons (Fsp3) is 0.231. The van der Waals surface area contributed by atoms with Crippen LogP contribution < -0.4 is 5.32 Å². The van der Waals surface area contributed by atoms with Crippen LogP contribution in [0.5, 0.6) is 0 Å². The maximum atomic E-state index is 8.85. The van der Waals surface area contributed by atoms with Gasteiger partial charge < -0.3 is 5.32 Å². The van der Waals surface area contributed by atoms with Gasteiger partial charge in [-0.15, -0.1) is 11.3 Å². The molecule has 1 N–H and O–H groups in total. The molecule has 0 amide bonds. The van der Waals surface area contributed by atoms with Gasteiger partial charge in [-0.3, -0.25) is 0 Å². The zero-order valence-electron chi connectivity index (χ0n) is 9.82. The van der Waals surface area contributed by atoms with E-state index in [0.29, 0.717) is 12.1 Å². The summed E-state index contributed by atoms with van der Waals surface area (Å²) in [6, 6.07) is 7.79. The second kappa shape index (κ2) is 4.98. The topological polar surface area (TPSA) is 48.7 Å². The van der Waals surface area contributed by atoms with Crippen molar-refractivity contribution >= 4 is 17.0 Å². The van der Waals surface area contributed by atoms with Crippen molar-refractivity contribution in [3.63, 3.8) is 0 Å². The van der Waals surface area contributed by atoms with E-state index in [4.69, 9.17) is 5.26 Å². The van der Waals surface area contributed by atoms with E-state index >= 15 is 0 Å². The molecule has 0 bridgehead atoms. The highest BCUT2D eigenvalue weighted by molar-refractivity contribution is 7.09. The van der Waals surface area contributed by atoms with Crippen molar-refractivity contribution in [1.82, 2.24) is 4.98 Å². The lowest BCUT2D eigenvalue weighted by atomic mass is 10.1. The summed E-state index contributed by atoms with van der Waals surface area (Å²) in [5.74, 6) is 0. The highest BCUT2D eigenvalue weighted by Crippen LogP contribution is 2.18. The first-order chi connectivity index (χ1) is 8.19. The molecule has 0 aliphatic rings. The third kappa shape index (κ3) is 2.83. The van der Waals surface area contributed by atoms with E-state index < -0.39 is 0 Å². The minimum atomic E-state index is 0.674. The van der Waals surface area contributed by atoms with Crippen LogP contribution in [0.25, 0.3) is 0 Å². The lowest BCUT2D eigenvalue weighted by Gasteiger charge is -2.08. The Morgan fingerprint density at radius 1 is 1.41 bits per heavy atom. The van der Waals surface area contributed by atoms with Crippen molar-refractivity contribution < 1.29 is 0 Å². The number of rotatable bonds is 3. The Morgan fingerprint density at radius 2 is 2.24 bits per heavy atom. The Labute approximate surface area is 105 Å². The quantitative estimate of drug-likeness (QED) is 0.900. The van der Waals surface area contributed by atoms with Gasteiger partial charge in [0.25, 0.3) is 0 Å². The van der Waals surface area contributed by atoms with Crippen LogP contribution >= 0.6 is 11.3 Å². The van der Waals surface area contributed by atoms with Gasteiger partial charge in [0.05, 0.1) is 28.9 Å². The molecule has 2 rings (SSSR count). The summed E-state index contributed by atoms with van der Waals surface area (Å²) in [5.41, 5.74) is 3.84. The van der Waals surface area contributed by atoms with Crippen LogP contribution in [-0.2, 0) is 6.54 Å². The van der Waals surface area contributed by atoms with Gasteiger partial charge in [-0.05, 0) is 31.5 Å². The molecule has 0 aliphatic heterocycles. The number of nitrogens with zero attached hydrogens (tertiary/aromatic N) is 2. The van der Waals surface area contributed by atoms with Crippen LogP contribution in [0.3, 0.4) is 0 Å². The Hall–Kier alpha value is -1.86. The number of hydrogen-bond acceptors (Lipinski definition) is 4. The largest absolute Gasteiger partial charge is 0.379 e. The van der Waals surface area contributed by atoms with E-state index in [2.05, 4.69) is 16.4 Å². The van der Waals surface area contributed by atoms with E-state index in [1.807, 2.05) is 37.4 Å². The lowest BCUT2D eigenvalue weighted by molar-refractivity contribution is 1.05. The maximum Gasteiger partial charge on any atom is 0.0992 e. The number of thiazole rings is 1. The van der Waals surface area contributed by atoms with Crippen LogP contribution in [-0.4, -0.2) is 4.98 Å². The number of nitrogens with one attached hydrogen (secondary N) is 1. The van der Waals surface area contributed by atoms with Crippen molar-refractivity contribution in [2.75, 3.05) is 5.32 Å². The van der Waals surface area contributed by atoms with Gasteiger partial charge in [0, 0.05) is 11.1 Å². The van der Waals surface area contributed by atoms with E-state index in [1.54, 1.807) is 11.3 Å². The Morgan fingerprint density at radius 3 is 2.88 bits per heavy atom. The molecular weight excluding hydrogens is 230 g/mol. The number of hydrogen-bond donors (Lipinski definition) is 1. The molecule has 4 heteroatoms. The average Bonchev–Trinajstić information content (AvgIpc) is 2.74. The molecule has 0 saturated heterocycles. The van der Waals surface area contributed by atoms with Gasteiger partial charge >= 0.3 is 0 Å². The third-order valence-corrected chi connectivity index (χ3v) is 3.32. The predicted octanol–water partition coefficient (Wildman–Crippen LogP) is 3.24. The number of aromatic nitrogens is 1. The van der Waals surface area contributed by atoms with Crippen molar-refractivity contribution in [1.29, 1.82) is 5.26 Å². The van der Waals surface area contributed by atoms with Crippen LogP contribution in [0.2, 0.25) is 0 Å². The normalized spacial score (nSPS) is 9.94. The molecule has 0 spiro atoms. The molecule has 0 unspecified atom stereocenters. The standard InChI is InChI=1S/C13H13N3S/c1-9-3-4-11(6-14)5-13(9)15-7-12-8-17-10(2)16-12/h3-5,8,15H,7H2,1-2H3. The average molecular weight is 243 g/mol. The van der Waals surface area contributed by atoms with Gasteiger partial charge in [0.2, 0.25) is 0 Å². The van der Waals surface area contributed by atoms with E-state index in [-0.39, 0.29) is 0 Å². The lowest BCUT2D eigenvalue weighted by Crippen LogP contribution is -2.01. The second-order valence-electron chi connectivity index (χ2n) is 3.85. The second-order valence-corrected chi connectivity index (χ2v) is 4.92. The summed E-state index contributed by atoms with van der Waals surface area (Å²) in [6.45, 7) is 4.71. The number of aryl methyl sites for hydroxylation is 2. The molecule has 0 radical (unpaired) electrons. The van der Waals surface area contributed by atoms with Crippen LogP contribution in [0.4, 0.5) is 5.69 Å². The fourth-order valence-corrected chi connectivity index (χ4v) is 2.17. The molecule has 1 aromatic heterocycles. The Bertz CT molecular complexity index is 566. The SMILES string of the molecule is Cc1nc(CNc2cc(C#N)ccc2C)cs1. The number of benzene rings is 1. The van der Waals surface area contributed by atoms with Gasteiger partial charge in [-0.2, -0.15) is 5.26 Å². The number of nitriles is 1. The Balaban J connectivity index is 2.11. The molecule has 86 valence electrons. The van der Waals surface area contributed by atoms with Crippen LogP contribution in [0, 0.1) is 25.2 Å². The molecule has 2 aromatic rings. The molecule has 17 heavy (non-hydrogen) atoms. The molecule has 0 fully saturated rings. The Kier molecular flexibility index (Phi) is 3.40. The monoisotopic (exact) mass is 243 g/mol. The molecule has 1 aromatic carbocycles. The summed E-state index contributed by atoms with van der Waals surface area (Å²) in [5, 5.41) is 15.3. The summed E-state index contributed by atoms with van der Waals surface area (Å²) < 4.78 is 0. The molecule has 1 heterocycles. The van der Waals surface area contributed by atoms with Crippen molar-refractivity contribution in [3.8, 4) is 6.07 Å². The van der Waals surface area contributed by atoms with Crippen molar-refractivity contribution in [2.24, 2.45) is 0 Å². The van der Waals surface area contributed by atoms with E-state index in [9.17, 15) is 0 Å². The first kappa shape index (κ1) is 11.6. The van der Waals surface area contributed by atoms with Gasteiger partial charge in [0.1, 0.15) is 0 Å². The number of anilines is 1. The van der Waals surface area contributed by atoms with Gasteiger partial charge in [-0.25, -0.2) is 4.98 Å². The predicted molar refractivity (Wildman–Crippen MR) is 70.1 cm³/mol. The van der Waals surface area contributed by atoms with Crippen molar-refractivity contribution in [3.05, 3.63) is 45.4 Å². The molecule has 0 saturated carbocycles. The zero-order chi connectivity index (χ0) is 12.3. The molecule has 0 aliphatic carbocycles. The smallest absolute Gasteiger partial charge is 0.0992 e. The van der Waals surface area contributed by atoms with E-state index in [0.717, 1.165) is 22.0 Å². The van der Waals surface area contributed by atoms with Crippen LogP contribution in [0.15, 0.2) is 23.6 Å². The summed E-state index contributed by atoms with van der Waals surface area (Å²) in [7, 11) is 0. The molecular formula is C13H13N3S. The first-order valence-electron chi connectivity index (χ1n) is 5.34. The summed E-state index contributed by atoms with van der Waals surface area (Å²) in [4.78, 5) is 4.39. The van der Waals surface area contributed by atoms with Crippen LogP contribution in [0.1, 0.15) is 21.8 Å². The highest BCUT2D eigenvalue weighted by Gasteiger charge is 2.02. The van der Waals surface area contributed by atoms with Gasteiger partial charge in [-0.1, -0.05) is 6.07 Å².